The third-order valence-corrected chi connectivity index (χ3v) is 21.9. The quantitative estimate of drug-likeness (QED) is 0.191. The molecule has 0 bridgehead atoms. The van der Waals surface area contributed by atoms with Gasteiger partial charge < -0.3 is 25.9 Å². The van der Waals surface area contributed by atoms with E-state index in [1.54, 1.807) is 0 Å². The van der Waals surface area contributed by atoms with Gasteiger partial charge in [0.25, 0.3) is 0 Å². The minimum absolute atomic E-state index is 0.0986. The summed E-state index contributed by atoms with van der Waals surface area (Å²) < 4.78 is 37.2. The van der Waals surface area contributed by atoms with Crippen LogP contribution in [0.15, 0.2) is 0 Å². The van der Waals surface area contributed by atoms with Crippen molar-refractivity contribution in [3.8, 4) is 0 Å². The van der Waals surface area contributed by atoms with E-state index >= 15 is 0 Å². The maximum atomic E-state index is 6.65. The fourth-order valence-corrected chi connectivity index (χ4v) is 27.5. The van der Waals surface area contributed by atoms with Crippen molar-refractivity contribution in [3.05, 3.63) is 6.92 Å². The molecular weight excluding hydrogens is 465 g/mol. The Balaban J connectivity index is 4.64. The summed E-state index contributed by atoms with van der Waals surface area (Å²) in [5.41, 5.74) is 0. The highest BCUT2D eigenvalue weighted by Crippen LogP contribution is 2.27. The molecule has 0 N–H and O–H groups in total. The summed E-state index contributed by atoms with van der Waals surface area (Å²) in [7, 11) is -10.4. The first-order chi connectivity index (χ1) is 13.3. The molecule has 1 atom stereocenters. The van der Waals surface area contributed by atoms with Crippen LogP contribution < -0.4 is 0 Å². The molecule has 6 nitrogen and oxygen atoms in total. The lowest BCUT2D eigenvalue weighted by molar-refractivity contribution is 0.000290. The van der Waals surface area contributed by atoms with Crippen molar-refractivity contribution in [2.24, 2.45) is 0 Å². The minimum Gasteiger partial charge on any atom is -0.437 e. The van der Waals surface area contributed by atoms with Gasteiger partial charge in [-0.15, -0.1) is 0 Å². The van der Waals surface area contributed by atoms with E-state index in [1.807, 2.05) is 6.92 Å². The smallest absolute Gasteiger partial charge is 0.314 e. The molecule has 0 aliphatic heterocycles. The van der Waals surface area contributed by atoms with Crippen molar-refractivity contribution in [2.75, 3.05) is 19.8 Å². The molecule has 0 saturated heterocycles. The first kappa shape index (κ1) is 30.8. The Bertz CT molecular complexity index is 494. The van der Waals surface area contributed by atoms with Gasteiger partial charge in [-0.2, -0.15) is 0 Å². The number of rotatable bonds is 16. The first-order valence-electron chi connectivity index (χ1n) is 11.1. The van der Waals surface area contributed by atoms with Gasteiger partial charge in [-0.3, -0.25) is 0 Å². The minimum atomic E-state index is -2.37. The van der Waals surface area contributed by atoms with Crippen molar-refractivity contribution < 1.29 is 25.9 Å². The molecule has 0 aliphatic rings. The monoisotopic (exact) mass is 513 g/mol. The van der Waals surface area contributed by atoms with Crippen molar-refractivity contribution in [1.82, 2.24) is 0 Å². The van der Waals surface area contributed by atoms with Gasteiger partial charge in [-0.25, -0.2) is 0 Å². The second-order valence-corrected chi connectivity index (χ2v) is 30.7. The molecule has 1 unspecified atom stereocenters. The van der Waals surface area contributed by atoms with E-state index in [0.29, 0.717) is 13.2 Å². The first-order valence-corrected chi connectivity index (χ1v) is 26.0. The zero-order chi connectivity index (χ0) is 23.9. The Morgan fingerprint density at radius 1 is 0.700 bits per heavy atom. The molecule has 181 valence electrons. The highest BCUT2D eigenvalue weighted by molar-refractivity contribution is 6.90. The van der Waals surface area contributed by atoms with Crippen LogP contribution >= 0.6 is 0 Å². The van der Waals surface area contributed by atoms with Crippen molar-refractivity contribution in [2.45, 2.75) is 97.5 Å². The van der Waals surface area contributed by atoms with Crippen LogP contribution in [-0.4, -0.2) is 68.2 Å². The molecule has 0 spiro atoms. The van der Waals surface area contributed by atoms with Crippen LogP contribution in [0.2, 0.25) is 78.1 Å². The van der Waals surface area contributed by atoms with E-state index in [0.717, 1.165) is 19.1 Å². The van der Waals surface area contributed by atoms with Crippen LogP contribution in [0.5, 0.6) is 0 Å². The van der Waals surface area contributed by atoms with Crippen molar-refractivity contribution in [3.63, 3.8) is 0 Å². The Labute approximate surface area is 192 Å². The largest absolute Gasteiger partial charge is 0.437 e. The predicted molar refractivity (Wildman–Crippen MR) is 139 cm³/mol. The second-order valence-electron chi connectivity index (χ2n) is 10.8. The predicted octanol–water partition coefficient (Wildman–Crippen LogP) is 5.84. The van der Waals surface area contributed by atoms with Crippen LogP contribution in [0.3, 0.4) is 0 Å². The summed E-state index contributed by atoms with van der Waals surface area (Å²) >= 11 is 0. The maximum absolute atomic E-state index is 6.65. The fraction of sp³-hybridized carbons (Fsp3) is 0.947. The van der Waals surface area contributed by atoms with E-state index in [9.17, 15) is 0 Å². The lowest BCUT2D eigenvalue weighted by atomic mass is 10.4. The van der Waals surface area contributed by atoms with Gasteiger partial charge in [0.15, 0.2) is 16.6 Å². The van der Waals surface area contributed by atoms with Crippen LogP contribution in [0.25, 0.3) is 0 Å². The van der Waals surface area contributed by atoms with Crippen LogP contribution in [0.4, 0.5) is 0 Å². The van der Waals surface area contributed by atoms with Gasteiger partial charge in [-0.1, -0.05) is 0 Å². The Hall–Kier alpha value is 0.844. The zero-order valence-electron chi connectivity index (χ0n) is 21.8. The van der Waals surface area contributed by atoms with E-state index in [1.165, 1.54) is 0 Å². The summed E-state index contributed by atoms with van der Waals surface area (Å²) in [6.45, 7) is 31.4. The highest BCUT2D eigenvalue weighted by atomic mass is 28.5. The molecule has 0 aliphatic carbocycles. The molecule has 0 aromatic heterocycles. The third-order valence-electron chi connectivity index (χ3n) is 3.88. The van der Waals surface area contributed by atoms with Crippen LogP contribution in [0, 0.1) is 6.92 Å². The second kappa shape index (κ2) is 12.3. The molecule has 0 amide bonds. The van der Waals surface area contributed by atoms with E-state index < -0.39 is 42.3 Å². The molecule has 0 heterocycles. The summed E-state index contributed by atoms with van der Waals surface area (Å²) in [5.74, 6) is 0. The van der Waals surface area contributed by atoms with Gasteiger partial charge in [0.2, 0.25) is 0 Å². The summed E-state index contributed by atoms with van der Waals surface area (Å²) in [6, 6.07) is 1.04. The van der Waals surface area contributed by atoms with Gasteiger partial charge in [0.1, 0.15) is 0 Å². The Morgan fingerprint density at radius 2 is 1.17 bits per heavy atom. The van der Waals surface area contributed by atoms with Crippen LogP contribution in [-0.2, 0) is 25.9 Å². The topological polar surface area (TPSA) is 55.4 Å². The standard InChI is InChI=1S/C19H49O6Si5/c1-14-20-18-19(2)21-16-15-17-27(6,7)23-29(10,11)25-30(12,13)24-28(8,9)22-26(3,4)5/h19H,1,14-18H2,2-13H3. The summed E-state index contributed by atoms with van der Waals surface area (Å²) in [4.78, 5) is 0. The number of hydrogen-bond acceptors (Lipinski definition) is 6. The van der Waals surface area contributed by atoms with Crippen molar-refractivity contribution in [1.29, 1.82) is 0 Å². The summed E-state index contributed by atoms with van der Waals surface area (Å²) in [5, 5.41) is 0. The Morgan fingerprint density at radius 3 is 1.63 bits per heavy atom. The molecule has 11 heteroatoms. The highest BCUT2D eigenvalue weighted by Gasteiger charge is 2.45. The summed E-state index contributed by atoms with van der Waals surface area (Å²) in [6.07, 6.45) is 1.08. The maximum Gasteiger partial charge on any atom is 0.314 e. The SMILES string of the molecule is [CH2]COCC(C)OCCC[Si](C)(C)O[Si](C)(C)O[Si](C)(C)O[Si](C)(C)O[Si](C)(C)C. The van der Waals surface area contributed by atoms with Crippen LogP contribution in [0.1, 0.15) is 13.3 Å². The lowest BCUT2D eigenvalue weighted by Crippen LogP contribution is -2.58. The average molecular weight is 514 g/mol. The lowest BCUT2D eigenvalue weighted by Gasteiger charge is -2.42. The van der Waals surface area contributed by atoms with Crippen molar-refractivity contribution >= 4 is 42.3 Å². The average Bonchev–Trinajstić information content (AvgIpc) is 2.42. The number of hydrogen-bond donors (Lipinski definition) is 0. The Kier molecular flexibility index (Phi) is 12.7. The zero-order valence-corrected chi connectivity index (χ0v) is 26.8. The molecule has 0 aromatic rings. The molecule has 0 rings (SSSR count). The van der Waals surface area contributed by atoms with Gasteiger partial charge in [0.05, 0.1) is 12.7 Å². The van der Waals surface area contributed by atoms with Gasteiger partial charge in [-0.05, 0) is 98.3 Å². The normalized spacial score (nSPS) is 15.5. The van der Waals surface area contributed by atoms with E-state index in [4.69, 9.17) is 25.9 Å². The van der Waals surface area contributed by atoms with E-state index in [-0.39, 0.29) is 6.10 Å². The van der Waals surface area contributed by atoms with Gasteiger partial charge >= 0.3 is 25.7 Å². The third kappa shape index (κ3) is 16.5. The molecule has 1 radical (unpaired) electrons. The van der Waals surface area contributed by atoms with E-state index in [2.05, 4.69) is 78.9 Å². The molecular formula is C19H49O6Si5. The number of ether oxygens (including phenoxy) is 2. The molecule has 30 heavy (non-hydrogen) atoms. The van der Waals surface area contributed by atoms with Gasteiger partial charge in [0, 0.05) is 13.2 Å². The molecule has 0 fully saturated rings. The molecule has 0 aromatic carbocycles. The fourth-order valence-electron chi connectivity index (χ4n) is 3.78. The molecule has 0 saturated carbocycles.